The van der Waals surface area contributed by atoms with Crippen LogP contribution in [0.15, 0.2) is 24.4 Å². The summed E-state index contributed by atoms with van der Waals surface area (Å²) in [5, 5.41) is 2.61. The molecule has 0 unspecified atom stereocenters. The molecule has 0 saturated heterocycles. The number of amides is 1. The van der Waals surface area contributed by atoms with Crippen LogP contribution in [0, 0.1) is 0 Å². The molecule has 4 heteroatoms. The maximum absolute atomic E-state index is 11.2. The molecule has 0 fully saturated rings. The first-order valence-electron chi connectivity index (χ1n) is 4.10. The molecule has 0 aromatic rings. The molecule has 0 aliphatic carbocycles. The number of nitrogens with zero attached hydrogens (tertiary/aromatic N) is 1. The number of ether oxygens (including phenoxy) is 1. The third-order valence-corrected chi connectivity index (χ3v) is 1.83. The summed E-state index contributed by atoms with van der Waals surface area (Å²) in [5.41, 5.74) is 0. The molecule has 1 aliphatic heterocycles. The Kier molecular flexibility index (Phi) is 2.60. The number of hydrogen-bond donors (Lipinski definition) is 1. The van der Waals surface area contributed by atoms with Crippen molar-refractivity contribution < 1.29 is 9.53 Å². The van der Waals surface area contributed by atoms with Crippen LogP contribution in [0.5, 0.6) is 0 Å². The molecular formula is C9H14N2O2. The molecule has 72 valence electrons. The highest BCUT2D eigenvalue weighted by Crippen LogP contribution is 2.14. The molecule has 0 aromatic carbocycles. The van der Waals surface area contributed by atoms with Crippen LogP contribution in [0.4, 0.5) is 0 Å². The van der Waals surface area contributed by atoms with E-state index < -0.39 is 0 Å². The van der Waals surface area contributed by atoms with E-state index in [1.807, 2.05) is 18.7 Å². The zero-order valence-electron chi connectivity index (χ0n) is 8.13. The summed E-state index contributed by atoms with van der Waals surface area (Å²) in [6, 6.07) is 0.248. The number of nitrogens with one attached hydrogen (secondary N) is 1. The molecule has 0 atom stereocenters. The SMILES string of the molecule is C=C1NC(=O)C(OC)=CN1C(C)C. The van der Waals surface area contributed by atoms with Crippen LogP contribution >= 0.6 is 0 Å². The molecule has 1 rings (SSSR count). The van der Waals surface area contributed by atoms with Crippen LogP contribution in [0.3, 0.4) is 0 Å². The zero-order valence-corrected chi connectivity index (χ0v) is 8.13. The summed E-state index contributed by atoms with van der Waals surface area (Å²) in [5.74, 6) is 0.645. The molecule has 1 heterocycles. The molecule has 13 heavy (non-hydrogen) atoms. The minimum Gasteiger partial charge on any atom is -0.490 e. The van der Waals surface area contributed by atoms with Crippen LogP contribution < -0.4 is 5.32 Å². The Labute approximate surface area is 77.9 Å². The van der Waals surface area contributed by atoms with E-state index in [1.165, 1.54) is 7.11 Å². The maximum atomic E-state index is 11.2. The van der Waals surface area contributed by atoms with Crippen molar-refractivity contribution in [2.75, 3.05) is 7.11 Å². The summed E-state index contributed by atoms with van der Waals surface area (Å²) < 4.78 is 4.90. The fourth-order valence-electron chi connectivity index (χ4n) is 1.13. The van der Waals surface area contributed by atoms with Gasteiger partial charge < -0.3 is 15.0 Å². The molecule has 0 saturated carbocycles. The molecule has 1 N–H and O–H groups in total. The lowest BCUT2D eigenvalue weighted by Crippen LogP contribution is -2.41. The van der Waals surface area contributed by atoms with Crippen molar-refractivity contribution in [3.05, 3.63) is 24.4 Å². The van der Waals surface area contributed by atoms with Crippen molar-refractivity contribution >= 4 is 5.91 Å². The van der Waals surface area contributed by atoms with Crippen molar-refractivity contribution in [3.63, 3.8) is 0 Å². The summed E-state index contributed by atoms with van der Waals surface area (Å²) in [6.07, 6.45) is 1.66. The highest BCUT2D eigenvalue weighted by atomic mass is 16.5. The maximum Gasteiger partial charge on any atom is 0.293 e. The molecular weight excluding hydrogens is 168 g/mol. The second-order valence-corrected chi connectivity index (χ2v) is 3.10. The Morgan fingerprint density at radius 2 is 2.23 bits per heavy atom. The lowest BCUT2D eigenvalue weighted by Gasteiger charge is -2.31. The topological polar surface area (TPSA) is 41.6 Å². The van der Waals surface area contributed by atoms with Gasteiger partial charge in [-0.05, 0) is 13.8 Å². The molecule has 0 spiro atoms. The minimum atomic E-state index is -0.246. The fourth-order valence-corrected chi connectivity index (χ4v) is 1.13. The first-order valence-corrected chi connectivity index (χ1v) is 4.10. The van der Waals surface area contributed by atoms with Gasteiger partial charge in [-0.3, -0.25) is 4.79 Å². The molecule has 1 amide bonds. The van der Waals surface area contributed by atoms with Crippen molar-refractivity contribution in [1.29, 1.82) is 0 Å². The second kappa shape index (κ2) is 3.51. The largest absolute Gasteiger partial charge is 0.490 e. The van der Waals surface area contributed by atoms with Gasteiger partial charge in [0, 0.05) is 6.04 Å². The van der Waals surface area contributed by atoms with E-state index in [0.29, 0.717) is 11.6 Å². The van der Waals surface area contributed by atoms with E-state index in [2.05, 4.69) is 11.9 Å². The minimum absolute atomic E-state index is 0.246. The van der Waals surface area contributed by atoms with Crippen molar-refractivity contribution in [2.24, 2.45) is 0 Å². The number of methoxy groups -OCH3 is 1. The van der Waals surface area contributed by atoms with Crippen molar-refractivity contribution in [1.82, 2.24) is 10.2 Å². The Balaban J connectivity index is 2.92. The van der Waals surface area contributed by atoms with E-state index in [9.17, 15) is 4.79 Å². The van der Waals surface area contributed by atoms with E-state index in [-0.39, 0.29) is 11.9 Å². The third kappa shape index (κ3) is 1.83. The van der Waals surface area contributed by atoms with Crippen molar-refractivity contribution in [3.8, 4) is 0 Å². The van der Waals surface area contributed by atoms with Gasteiger partial charge in [0.1, 0.15) is 5.82 Å². The smallest absolute Gasteiger partial charge is 0.293 e. The highest BCUT2D eigenvalue weighted by molar-refractivity contribution is 5.93. The Hall–Kier alpha value is -1.45. The molecule has 0 radical (unpaired) electrons. The van der Waals surface area contributed by atoms with E-state index in [0.717, 1.165) is 0 Å². The lowest BCUT2D eigenvalue weighted by atomic mass is 10.3. The summed E-state index contributed by atoms with van der Waals surface area (Å²) in [6.45, 7) is 7.74. The zero-order chi connectivity index (χ0) is 10.0. The number of hydrogen-bond acceptors (Lipinski definition) is 3. The monoisotopic (exact) mass is 182 g/mol. The first-order chi connectivity index (χ1) is 6.06. The van der Waals surface area contributed by atoms with Gasteiger partial charge in [-0.15, -0.1) is 0 Å². The summed E-state index contributed by atoms with van der Waals surface area (Å²) in [4.78, 5) is 13.1. The van der Waals surface area contributed by atoms with Crippen LogP contribution in [0.1, 0.15) is 13.8 Å². The molecule has 4 nitrogen and oxygen atoms in total. The average molecular weight is 182 g/mol. The van der Waals surface area contributed by atoms with Gasteiger partial charge in [0.05, 0.1) is 13.3 Å². The predicted octanol–water partition coefficient (Wildman–Crippen LogP) is 0.786. The van der Waals surface area contributed by atoms with Gasteiger partial charge >= 0.3 is 0 Å². The highest BCUT2D eigenvalue weighted by Gasteiger charge is 2.22. The standard InChI is InChI=1S/C9H14N2O2/c1-6(2)11-5-8(13-4)9(12)10-7(11)3/h5-6H,3H2,1-2,4H3,(H,10,12). The van der Waals surface area contributed by atoms with Gasteiger partial charge in [-0.2, -0.15) is 0 Å². The predicted molar refractivity (Wildman–Crippen MR) is 49.3 cm³/mol. The van der Waals surface area contributed by atoms with E-state index >= 15 is 0 Å². The van der Waals surface area contributed by atoms with Crippen LogP contribution in [0.25, 0.3) is 0 Å². The van der Waals surface area contributed by atoms with Gasteiger partial charge in [0.2, 0.25) is 5.76 Å². The average Bonchev–Trinajstić information content (AvgIpc) is 2.03. The normalized spacial score (nSPS) is 17.2. The lowest BCUT2D eigenvalue weighted by molar-refractivity contribution is -0.121. The quantitative estimate of drug-likeness (QED) is 0.686. The molecule has 0 aromatic heterocycles. The summed E-state index contributed by atoms with van der Waals surface area (Å²) in [7, 11) is 1.47. The van der Waals surface area contributed by atoms with Gasteiger partial charge in [0.25, 0.3) is 5.91 Å². The van der Waals surface area contributed by atoms with Gasteiger partial charge in [-0.25, -0.2) is 0 Å². The Bertz CT molecular complexity index is 269. The van der Waals surface area contributed by atoms with Crippen LogP contribution in [0.2, 0.25) is 0 Å². The van der Waals surface area contributed by atoms with Crippen LogP contribution in [-0.2, 0) is 9.53 Å². The first kappa shape index (κ1) is 9.64. The number of carbonyl (C=O) groups is 1. The Morgan fingerprint density at radius 1 is 1.62 bits per heavy atom. The summed E-state index contributed by atoms with van der Waals surface area (Å²) >= 11 is 0. The van der Waals surface area contributed by atoms with Gasteiger partial charge in [0.15, 0.2) is 0 Å². The molecule has 0 bridgehead atoms. The van der Waals surface area contributed by atoms with Gasteiger partial charge in [-0.1, -0.05) is 6.58 Å². The number of carbonyl (C=O) groups excluding carboxylic acids is 1. The van der Waals surface area contributed by atoms with Crippen LogP contribution in [-0.4, -0.2) is 24.0 Å². The Morgan fingerprint density at radius 3 is 2.69 bits per heavy atom. The number of rotatable bonds is 2. The van der Waals surface area contributed by atoms with E-state index in [1.54, 1.807) is 6.20 Å². The molecule has 1 aliphatic rings. The third-order valence-electron chi connectivity index (χ3n) is 1.83. The van der Waals surface area contributed by atoms with E-state index in [4.69, 9.17) is 4.74 Å². The van der Waals surface area contributed by atoms with Crippen molar-refractivity contribution in [2.45, 2.75) is 19.9 Å². The fraction of sp³-hybridized carbons (Fsp3) is 0.444. The second-order valence-electron chi connectivity index (χ2n) is 3.10.